The van der Waals surface area contributed by atoms with Gasteiger partial charge in [-0.2, -0.15) is 0 Å². The van der Waals surface area contributed by atoms with Gasteiger partial charge in [-0.15, -0.1) is 0 Å². The maximum Gasteiger partial charge on any atom is 0.253 e. The number of aromatic nitrogens is 3. The van der Waals surface area contributed by atoms with Gasteiger partial charge in [0, 0.05) is 25.0 Å². The highest BCUT2D eigenvalue weighted by Crippen LogP contribution is 2.05. The predicted octanol–water partition coefficient (Wildman–Crippen LogP) is 1.12. The second-order valence-electron chi connectivity index (χ2n) is 3.63. The molecule has 0 bridgehead atoms. The molecular weight excluding hydrogens is 216 g/mol. The molecule has 0 aliphatic rings. The van der Waals surface area contributed by atoms with Gasteiger partial charge in [0.2, 0.25) is 0 Å². The van der Waals surface area contributed by atoms with Crippen LogP contribution in [0.25, 0.3) is 0 Å². The standard InChI is InChI=1S/C12H14N4O/c1-2-14-11-4-3-10(7-15-11)8-16-9-13-6-5-12(16)17/h3-7,9H,2,8H2,1H3,(H,14,15). The first-order valence-corrected chi connectivity index (χ1v) is 5.49. The van der Waals surface area contributed by atoms with Crippen molar-refractivity contribution in [1.82, 2.24) is 14.5 Å². The maximum atomic E-state index is 11.5. The average molecular weight is 230 g/mol. The van der Waals surface area contributed by atoms with E-state index in [1.54, 1.807) is 10.8 Å². The van der Waals surface area contributed by atoms with Gasteiger partial charge in [0.1, 0.15) is 5.82 Å². The molecule has 5 nitrogen and oxygen atoms in total. The Kier molecular flexibility index (Phi) is 3.49. The predicted molar refractivity (Wildman–Crippen MR) is 66.0 cm³/mol. The van der Waals surface area contributed by atoms with Crippen molar-refractivity contribution in [2.24, 2.45) is 0 Å². The lowest BCUT2D eigenvalue weighted by Gasteiger charge is -2.06. The second kappa shape index (κ2) is 5.25. The van der Waals surface area contributed by atoms with Crippen LogP contribution in [0.3, 0.4) is 0 Å². The lowest BCUT2D eigenvalue weighted by Crippen LogP contribution is -2.19. The van der Waals surface area contributed by atoms with Crippen LogP contribution in [0.4, 0.5) is 5.82 Å². The quantitative estimate of drug-likeness (QED) is 0.855. The fourth-order valence-corrected chi connectivity index (χ4v) is 1.50. The van der Waals surface area contributed by atoms with Gasteiger partial charge < -0.3 is 5.32 Å². The summed E-state index contributed by atoms with van der Waals surface area (Å²) in [5.74, 6) is 0.842. The Morgan fingerprint density at radius 1 is 1.35 bits per heavy atom. The van der Waals surface area contributed by atoms with E-state index in [-0.39, 0.29) is 5.56 Å². The Morgan fingerprint density at radius 3 is 2.88 bits per heavy atom. The van der Waals surface area contributed by atoms with Crippen LogP contribution in [0.5, 0.6) is 0 Å². The zero-order chi connectivity index (χ0) is 12.1. The van der Waals surface area contributed by atoms with Gasteiger partial charge >= 0.3 is 0 Å². The third-order valence-corrected chi connectivity index (χ3v) is 2.33. The van der Waals surface area contributed by atoms with E-state index in [4.69, 9.17) is 0 Å². The fraction of sp³-hybridized carbons (Fsp3) is 0.250. The minimum atomic E-state index is -0.0595. The molecule has 5 heteroatoms. The van der Waals surface area contributed by atoms with Crippen LogP contribution in [0.2, 0.25) is 0 Å². The number of anilines is 1. The second-order valence-corrected chi connectivity index (χ2v) is 3.63. The number of nitrogens with zero attached hydrogens (tertiary/aromatic N) is 3. The molecule has 0 spiro atoms. The van der Waals surface area contributed by atoms with Crippen LogP contribution in [0.15, 0.2) is 41.7 Å². The Morgan fingerprint density at radius 2 is 2.24 bits per heavy atom. The van der Waals surface area contributed by atoms with E-state index >= 15 is 0 Å². The maximum absolute atomic E-state index is 11.5. The van der Waals surface area contributed by atoms with Gasteiger partial charge in [-0.25, -0.2) is 9.97 Å². The van der Waals surface area contributed by atoms with Crippen molar-refractivity contribution in [1.29, 1.82) is 0 Å². The number of nitrogens with one attached hydrogen (secondary N) is 1. The van der Waals surface area contributed by atoms with Gasteiger partial charge in [-0.3, -0.25) is 9.36 Å². The molecule has 0 aliphatic carbocycles. The molecule has 0 aromatic carbocycles. The smallest absolute Gasteiger partial charge is 0.253 e. The molecule has 1 N–H and O–H groups in total. The van der Waals surface area contributed by atoms with Crippen molar-refractivity contribution in [2.45, 2.75) is 13.5 Å². The molecule has 2 heterocycles. The summed E-state index contributed by atoms with van der Waals surface area (Å²) in [5, 5.41) is 3.12. The van der Waals surface area contributed by atoms with E-state index in [0.717, 1.165) is 17.9 Å². The molecule has 0 fully saturated rings. The highest BCUT2D eigenvalue weighted by molar-refractivity contribution is 5.35. The third kappa shape index (κ3) is 2.90. The Balaban J connectivity index is 2.14. The zero-order valence-corrected chi connectivity index (χ0v) is 9.63. The molecule has 0 saturated heterocycles. The minimum absolute atomic E-state index is 0.0595. The zero-order valence-electron chi connectivity index (χ0n) is 9.63. The monoisotopic (exact) mass is 230 g/mol. The summed E-state index contributed by atoms with van der Waals surface area (Å²) in [4.78, 5) is 19.6. The summed E-state index contributed by atoms with van der Waals surface area (Å²) in [7, 11) is 0. The van der Waals surface area contributed by atoms with Gasteiger partial charge in [0.25, 0.3) is 5.56 Å². The van der Waals surface area contributed by atoms with Crippen molar-refractivity contribution in [2.75, 3.05) is 11.9 Å². The molecule has 0 amide bonds. The van der Waals surface area contributed by atoms with Crippen LogP contribution in [0.1, 0.15) is 12.5 Å². The SMILES string of the molecule is CCNc1ccc(Cn2cnccc2=O)cn1. The first-order chi connectivity index (χ1) is 8.29. The topological polar surface area (TPSA) is 59.8 Å². The first kappa shape index (κ1) is 11.3. The van der Waals surface area contributed by atoms with E-state index in [0.29, 0.717) is 6.54 Å². The van der Waals surface area contributed by atoms with Gasteiger partial charge in [-0.05, 0) is 18.6 Å². The molecule has 0 aliphatic heterocycles. The van der Waals surface area contributed by atoms with Gasteiger partial charge in [-0.1, -0.05) is 6.07 Å². The number of hydrogen-bond acceptors (Lipinski definition) is 4. The summed E-state index contributed by atoms with van der Waals surface area (Å²) in [6.45, 7) is 3.35. The Labute approximate surface area is 99.2 Å². The van der Waals surface area contributed by atoms with Crippen LogP contribution in [-0.4, -0.2) is 21.1 Å². The molecule has 2 aromatic heterocycles. The van der Waals surface area contributed by atoms with E-state index in [1.807, 2.05) is 19.1 Å². The highest BCUT2D eigenvalue weighted by Gasteiger charge is 1.98. The summed E-state index contributed by atoms with van der Waals surface area (Å²) in [6.07, 6.45) is 4.78. The number of pyridine rings is 1. The third-order valence-electron chi connectivity index (χ3n) is 2.33. The molecule has 2 aromatic rings. The normalized spacial score (nSPS) is 10.2. The number of rotatable bonds is 4. The van der Waals surface area contributed by atoms with Crippen LogP contribution >= 0.6 is 0 Å². The lowest BCUT2D eigenvalue weighted by atomic mass is 10.3. The van der Waals surface area contributed by atoms with E-state index < -0.39 is 0 Å². The molecule has 2 rings (SSSR count). The van der Waals surface area contributed by atoms with Crippen LogP contribution in [0, 0.1) is 0 Å². The van der Waals surface area contributed by atoms with E-state index in [1.165, 1.54) is 18.6 Å². The molecule has 0 radical (unpaired) electrons. The van der Waals surface area contributed by atoms with Crippen molar-refractivity contribution in [3.63, 3.8) is 0 Å². The van der Waals surface area contributed by atoms with Gasteiger partial charge in [0.15, 0.2) is 0 Å². The first-order valence-electron chi connectivity index (χ1n) is 5.49. The van der Waals surface area contributed by atoms with Crippen molar-refractivity contribution >= 4 is 5.82 Å². The van der Waals surface area contributed by atoms with Crippen molar-refractivity contribution in [3.05, 3.63) is 52.8 Å². The molecule has 0 unspecified atom stereocenters. The lowest BCUT2D eigenvalue weighted by molar-refractivity contribution is 0.733. The summed E-state index contributed by atoms with van der Waals surface area (Å²) < 4.78 is 1.55. The van der Waals surface area contributed by atoms with E-state index in [9.17, 15) is 4.79 Å². The minimum Gasteiger partial charge on any atom is -0.370 e. The van der Waals surface area contributed by atoms with Crippen molar-refractivity contribution in [3.8, 4) is 0 Å². The largest absolute Gasteiger partial charge is 0.370 e. The highest BCUT2D eigenvalue weighted by atomic mass is 16.1. The van der Waals surface area contributed by atoms with E-state index in [2.05, 4.69) is 15.3 Å². The van der Waals surface area contributed by atoms with Gasteiger partial charge in [0.05, 0.1) is 12.9 Å². The summed E-state index contributed by atoms with van der Waals surface area (Å²) in [5.41, 5.74) is 0.914. The van der Waals surface area contributed by atoms with Crippen LogP contribution < -0.4 is 10.9 Å². The summed E-state index contributed by atoms with van der Waals surface area (Å²) in [6, 6.07) is 5.30. The van der Waals surface area contributed by atoms with Crippen LogP contribution in [-0.2, 0) is 6.54 Å². The van der Waals surface area contributed by atoms with Crippen molar-refractivity contribution < 1.29 is 0 Å². The molecule has 17 heavy (non-hydrogen) atoms. The molecular formula is C12H14N4O. The fourth-order valence-electron chi connectivity index (χ4n) is 1.50. The summed E-state index contributed by atoms with van der Waals surface area (Å²) >= 11 is 0. The Bertz CT molecular complexity index is 533. The Hall–Kier alpha value is -2.17. The molecule has 0 saturated carbocycles. The average Bonchev–Trinajstić information content (AvgIpc) is 2.35. The number of hydrogen-bond donors (Lipinski definition) is 1. The molecule has 0 atom stereocenters. The molecule has 88 valence electrons.